The summed E-state index contributed by atoms with van der Waals surface area (Å²) in [6.45, 7) is 5.07. The molecule has 4 heteroatoms. The molecule has 0 aliphatic heterocycles. The van der Waals surface area contributed by atoms with Crippen LogP contribution in [0.25, 0.3) is 0 Å². The Morgan fingerprint density at radius 3 is 2.74 bits per heavy atom. The molecule has 1 aliphatic rings. The number of nitrogens with one attached hydrogen (secondary N) is 1. The average molecular weight is 262 g/mol. The van der Waals surface area contributed by atoms with Crippen molar-refractivity contribution in [2.75, 3.05) is 25.0 Å². The molecule has 104 valence electrons. The number of aliphatic hydroxyl groups is 1. The first-order valence-corrected chi connectivity index (χ1v) is 6.82. The van der Waals surface area contributed by atoms with Gasteiger partial charge >= 0.3 is 0 Å². The maximum absolute atomic E-state index is 12.0. The predicted molar refractivity (Wildman–Crippen MR) is 76.2 cm³/mol. The lowest BCUT2D eigenvalue weighted by Crippen LogP contribution is -2.36. The summed E-state index contributed by atoms with van der Waals surface area (Å²) in [5.41, 5.74) is 3.14. The quantitative estimate of drug-likeness (QED) is 0.820. The lowest BCUT2D eigenvalue weighted by Gasteiger charge is -2.20. The fourth-order valence-electron chi connectivity index (χ4n) is 2.29. The van der Waals surface area contributed by atoms with Crippen LogP contribution in [0, 0.1) is 13.8 Å². The van der Waals surface area contributed by atoms with Crippen molar-refractivity contribution in [1.82, 2.24) is 4.90 Å². The summed E-state index contributed by atoms with van der Waals surface area (Å²) in [5.74, 6) is -0.00713. The molecular weight excluding hydrogens is 240 g/mol. The fourth-order valence-corrected chi connectivity index (χ4v) is 2.29. The van der Waals surface area contributed by atoms with Crippen molar-refractivity contribution >= 4 is 11.6 Å². The molecule has 2 rings (SSSR count). The third-order valence-corrected chi connectivity index (χ3v) is 3.45. The van der Waals surface area contributed by atoms with Crippen molar-refractivity contribution in [3.05, 3.63) is 29.3 Å². The molecule has 0 atom stereocenters. The van der Waals surface area contributed by atoms with Crippen LogP contribution < -0.4 is 5.32 Å². The highest BCUT2D eigenvalue weighted by Crippen LogP contribution is 2.26. The van der Waals surface area contributed by atoms with Gasteiger partial charge in [-0.1, -0.05) is 17.7 Å². The van der Waals surface area contributed by atoms with Gasteiger partial charge in [-0.25, -0.2) is 0 Å². The molecule has 2 N–H and O–H groups in total. The molecule has 1 amide bonds. The number of hydrogen-bond donors (Lipinski definition) is 2. The normalized spacial score (nSPS) is 14.7. The number of aliphatic hydroxyl groups excluding tert-OH is 1. The Bertz CT molecular complexity index is 455. The highest BCUT2D eigenvalue weighted by molar-refractivity contribution is 5.93. The number of amides is 1. The van der Waals surface area contributed by atoms with Gasteiger partial charge in [-0.05, 0) is 38.3 Å². The van der Waals surface area contributed by atoms with Gasteiger partial charge in [0.05, 0.1) is 13.2 Å². The van der Waals surface area contributed by atoms with Crippen LogP contribution in [0.1, 0.15) is 24.0 Å². The summed E-state index contributed by atoms with van der Waals surface area (Å²) >= 11 is 0. The molecule has 1 aliphatic carbocycles. The number of nitrogens with zero attached hydrogens (tertiary/aromatic N) is 1. The van der Waals surface area contributed by atoms with E-state index in [4.69, 9.17) is 5.11 Å². The zero-order chi connectivity index (χ0) is 13.8. The standard InChI is InChI=1S/C15H22N2O2/c1-11-3-6-14(12(2)9-11)16-15(19)10-17(7-8-18)13-4-5-13/h3,6,9,13,18H,4-5,7-8,10H2,1-2H3,(H,16,19). The van der Waals surface area contributed by atoms with Crippen molar-refractivity contribution in [3.8, 4) is 0 Å². The number of rotatable bonds is 6. The van der Waals surface area contributed by atoms with Crippen LogP contribution in [0.2, 0.25) is 0 Å². The molecule has 1 saturated carbocycles. The molecule has 0 spiro atoms. The van der Waals surface area contributed by atoms with E-state index in [1.807, 2.05) is 26.0 Å². The van der Waals surface area contributed by atoms with Crippen LogP contribution in [0.4, 0.5) is 5.69 Å². The fraction of sp³-hybridized carbons (Fsp3) is 0.533. The van der Waals surface area contributed by atoms with Crippen LogP contribution >= 0.6 is 0 Å². The van der Waals surface area contributed by atoms with Gasteiger partial charge in [0.1, 0.15) is 0 Å². The van der Waals surface area contributed by atoms with Gasteiger partial charge < -0.3 is 10.4 Å². The smallest absolute Gasteiger partial charge is 0.238 e. The first-order chi connectivity index (χ1) is 9.10. The van der Waals surface area contributed by atoms with E-state index in [2.05, 4.69) is 16.3 Å². The minimum atomic E-state index is -0.00713. The van der Waals surface area contributed by atoms with E-state index in [1.165, 1.54) is 5.56 Å². The predicted octanol–water partition coefficient (Wildman–Crippen LogP) is 1.70. The summed E-state index contributed by atoms with van der Waals surface area (Å²) in [6, 6.07) is 6.48. The maximum Gasteiger partial charge on any atom is 0.238 e. The van der Waals surface area contributed by atoms with Crippen LogP contribution in [0.15, 0.2) is 18.2 Å². The van der Waals surface area contributed by atoms with E-state index in [1.54, 1.807) is 0 Å². The Labute approximate surface area is 114 Å². The summed E-state index contributed by atoms with van der Waals surface area (Å²) < 4.78 is 0. The van der Waals surface area contributed by atoms with Gasteiger partial charge in [-0.3, -0.25) is 9.69 Å². The molecule has 1 fully saturated rings. The van der Waals surface area contributed by atoms with E-state index in [9.17, 15) is 4.79 Å². The molecule has 0 bridgehead atoms. The van der Waals surface area contributed by atoms with Crippen molar-refractivity contribution in [3.63, 3.8) is 0 Å². The number of carbonyl (C=O) groups excluding carboxylic acids is 1. The van der Waals surface area contributed by atoms with Gasteiger partial charge in [-0.15, -0.1) is 0 Å². The second-order valence-electron chi connectivity index (χ2n) is 5.29. The number of aryl methyl sites for hydroxylation is 2. The molecule has 0 aromatic heterocycles. The third kappa shape index (κ3) is 4.04. The number of anilines is 1. The number of benzene rings is 1. The van der Waals surface area contributed by atoms with E-state index < -0.39 is 0 Å². The second-order valence-corrected chi connectivity index (χ2v) is 5.29. The van der Waals surface area contributed by atoms with Crippen molar-refractivity contribution in [2.45, 2.75) is 32.7 Å². The minimum Gasteiger partial charge on any atom is -0.395 e. The zero-order valence-electron chi connectivity index (χ0n) is 11.6. The zero-order valence-corrected chi connectivity index (χ0v) is 11.6. The maximum atomic E-state index is 12.0. The average Bonchev–Trinajstić information content (AvgIpc) is 3.16. The Hall–Kier alpha value is -1.39. The molecule has 19 heavy (non-hydrogen) atoms. The van der Waals surface area contributed by atoms with Gasteiger partial charge in [-0.2, -0.15) is 0 Å². The molecule has 0 saturated heterocycles. The Kier molecular flexibility index (Phi) is 4.56. The monoisotopic (exact) mass is 262 g/mol. The topological polar surface area (TPSA) is 52.6 Å². The van der Waals surface area contributed by atoms with Crippen LogP contribution in [0.5, 0.6) is 0 Å². The Balaban J connectivity index is 1.92. The molecule has 0 unspecified atom stereocenters. The van der Waals surface area contributed by atoms with E-state index in [0.717, 1.165) is 24.1 Å². The molecule has 1 aromatic rings. The van der Waals surface area contributed by atoms with Gasteiger partial charge in [0.25, 0.3) is 0 Å². The minimum absolute atomic E-state index is 0.00713. The Morgan fingerprint density at radius 1 is 1.42 bits per heavy atom. The highest BCUT2D eigenvalue weighted by Gasteiger charge is 2.29. The highest BCUT2D eigenvalue weighted by atomic mass is 16.3. The first-order valence-electron chi connectivity index (χ1n) is 6.82. The molecule has 0 radical (unpaired) electrons. The Morgan fingerprint density at radius 2 is 2.16 bits per heavy atom. The lowest BCUT2D eigenvalue weighted by atomic mass is 10.1. The SMILES string of the molecule is Cc1ccc(NC(=O)CN(CCO)C2CC2)c(C)c1. The molecule has 0 heterocycles. The lowest BCUT2D eigenvalue weighted by molar-refractivity contribution is -0.117. The summed E-state index contributed by atoms with van der Waals surface area (Å²) in [5, 5.41) is 12.0. The number of carbonyl (C=O) groups is 1. The summed E-state index contributed by atoms with van der Waals surface area (Å²) in [7, 11) is 0. The van der Waals surface area contributed by atoms with Crippen molar-refractivity contribution < 1.29 is 9.90 Å². The molecular formula is C15H22N2O2. The second kappa shape index (κ2) is 6.17. The van der Waals surface area contributed by atoms with Crippen LogP contribution in [0.3, 0.4) is 0 Å². The van der Waals surface area contributed by atoms with Crippen molar-refractivity contribution in [1.29, 1.82) is 0 Å². The van der Waals surface area contributed by atoms with Crippen molar-refractivity contribution in [2.24, 2.45) is 0 Å². The van der Waals surface area contributed by atoms with Crippen LogP contribution in [-0.4, -0.2) is 41.7 Å². The summed E-state index contributed by atoms with van der Waals surface area (Å²) in [6.07, 6.45) is 2.27. The van der Waals surface area contributed by atoms with E-state index in [0.29, 0.717) is 19.1 Å². The van der Waals surface area contributed by atoms with Crippen LogP contribution in [-0.2, 0) is 4.79 Å². The molecule has 4 nitrogen and oxygen atoms in total. The molecule has 1 aromatic carbocycles. The summed E-state index contributed by atoms with van der Waals surface area (Å²) in [4.78, 5) is 14.1. The first kappa shape index (κ1) is 14.0. The van der Waals surface area contributed by atoms with E-state index in [-0.39, 0.29) is 12.5 Å². The van der Waals surface area contributed by atoms with Gasteiger partial charge in [0.15, 0.2) is 0 Å². The van der Waals surface area contributed by atoms with E-state index >= 15 is 0 Å². The van der Waals surface area contributed by atoms with Gasteiger partial charge in [0.2, 0.25) is 5.91 Å². The van der Waals surface area contributed by atoms with Gasteiger partial charge in [0, 0.05) is 18.3 Å². The largest absolute Gasteiger partial charge is 0.395 e. The third-order valence-electron chi connectivity index (χ3n) is 3.45. The number of hydrogen-bond acceptors (Lipinski definition) is 3.